The van der Waals surface area contributed by atoms with Gasteiger partial charge in [-0.1, -0.05) is 152 Å². The van der Waals surface area contributed by atoms with Gasteiger partial charge in [0.2, 0.25) is 0 Å². The van der Waals surface area contributed by atoms with Crippen LogP contribution in [0.5, 0.6) is 0 Å². The maximum absolute atomic E-state index is 4.00. The van der Waals surface area contributed by atoms with E-state index >= 15 is 0 Å². The molecule has 1 saturated heterocycles. The average molecular weight is 710 g/mol. The van der Waals surface area contributed by atoms with Crippen LogP contribution in [0.25, 0.3) is 43.1 Å². The van der Waals surface area contributed by atoms with E-state index in [4.69, 9.17) is 0 Å². The molecule has 3 unspecified atom stereocenters. The molecular weight excluding hydrogens is 671 g/mol. The minimum absolute atomic E-state index is 0.0409. The lowest BCUT2D eigenvalue weighted by Crippen LogP contribution is -2.54. The quantitative estimate of drug-likeness (QED) is 0.134. The van der Waals surface area contributed by atoms with Crippen molar-refractivity contribution < 1.29 is 0 Å². The van der Waals surface area contributed by atoms with Gasteiger partial charge in [0.1, 0.15) is 6.17 Å². The first-order valence-electron chi connectivity index (χ1n) is 19.1. The molecule has 2 aliphatic heterocycles. The zero-order valence-corrected chi connectivity index (χ0v) is 30.2. The van der Waals surface area contributed by atoms with E-state index in [9.17, 15) is 0 Å². The van der Waals surface area contributed by atoms with Crippen molar-refractivity contribution in [3.8, 4) is 0 Å². The van der Waals surface area contributed by atoms with E-state index in [0.717, 1.165) is 11.4 Å². The van der Waals surface area contributed by atoms with Gasteiger partial charge in [-0.05, 0) is 96.4 Å². The summed E-state index contributed by atoms with van der Waals surface area (Å²) < 4.78 is 0. The number of hydrogen-bond donors (Lipinski definition) is 4. The smallest absolute Gasteiger partial charge is 0.130 e. The molecule has 5 heteroatoms. The normalized spacial score (nSPS) is 19.5. The molecule has 0 amide bonds. The van der Waals surface area contributed by atoms with Crippen LogP contribution in [0.2, 0.25) is 0 Å². The molecular formula is C50H39N5. The molecule has 0 aromatic heterocycles. The van der Waals surface area contributed by atoms with Crippen molar-refractivity contribution in [1.29, 1.82) is 0 Å². The van der Waals surface area contributed by atoms with Crippen molar-refractivity contribution in [3.05, 3.63) is 210 Å². The van der Waals surface area contributed by atoms with Gasteiger partial charge in [0.15, 0.2) is 0 Å². The molecule has 9 aromatic rings. The number of nitrogens with one attached hydrogen (secondary N) is 4. The fraction of sp³-hybridized carbons (Fsp3) is 0.0800. The second-order valence-corrected chi connectivity index (χ2v) is 14.8. The van der Waals surface area contributed by atoms with Crippen LogP contribution in [0.4, 0.5) is 17.1 Å². The minimum atomic E-state index is -0.128. The zero-order chi connectivity index (χ0) is 36.3. The van der Waals surface area contributed by atoms with Crippen LogP contribution in [-0.2, 0) is 0 Å². The highest BCUT2D eigenvalue weighted by atomic mass is 15.4. The molecule has 2 aliphatic rings. The van der Waals surface area contributed by atoms with Crippen LogP contribution in [0.1, 0.15) is 46.9 Å². The lowest BCUT2D eigenvalue weighted by molar-refractivity contribution is 0.203. The molecule has 1 fully saturated rings. The summed E-state index contributed by atoms with van der Waals surface area (Å²) in [5.41, 5.74) is 8.32. The summed E-state index contributed by atoms with van der Waals surface area (Å²) in [5, 5.41) is 25.7. The van der Waals surface area contributed by atoms with Gasteiger partial charge in [-0.15, -0.1) is 0 Å². The maximum Gasteiger partial charge on any atom is 0.130 e. The number of fused-ring (bicyclic) bond motifs is 7. The molecule has 0 aliphatic carbocycles. The third-order valence-corrected chi connectivity index (χ3v) is 11.5. The Morgan fingerprint density at radius 2 is 0.836 bits per heavy atom. The summed E-state index contributed by atoms with van der Waals surface area (Å²) in [4.78, 5) is 2.44. The van der Waals surface area contributed by atoms with Crippen molar-refractivity contribution in [2.75, 3.05) is 10.2 Å². The molecule has 0 saturated carbocycles. The van der Waals surface area contributed by atoms with Crippen molar-refractivity contribution in [3.63, 3.8) is 0 Å². The van der Waals surface area contributed by atoms with Gasteiger partial charge in [0, 0.05) is 11.1 Å². The lowest BCUT2D eigenvalue weighted by Gasteiger charge is -2.40. The van der Waals surface area contributed by atoms with Gasteiger partial charge < -0.3 is 10.2 Å². The Balaban J connectivity index is 1.04. The number of anilines is 3. The fourth-order valence-corrected chi connectivity index (χ4v) is 8.76. The Labute approximate surface area is 320 Å². The van der Waals surface area contributed by atoms with Crippen molar-refractivity contribution in [2.45, 2.75) is 24.7 Å². The third kappa shape index (κ3) is 5.60. The first kappa shape index (κ1) is 32.0. The Morgan fingerprint density at radius 1 is 0.364 bits per heavy atom. The first-order valence-corrected chi connectivity index (χ1v) is 19.1. The standard InChI is InChI=1S/C50H39N5/c1-3-13-36(14-4-1)50-51-46-44(55(50)42-17-5-2-6-18-42)28-27-35-23-21-34-22-26-41(31-43(34)45(35)46)49-53-47(39-24-19-32-11-7-9-15-37(32)29-39)52-48(54-49)40-25-20-33-12-8-10-16-38(33)30-40/h1-31,47-54H. The summed E-state index contributed by atoms with van der Waals surface area (Å²) in [6, 6.07) is 68.2. The number of hydrogen-bond acceptors (Lipinski definition) is 5. The largest absolute Gasteiger partial charge is 0.359 e. The van der Waals surface area contributed by atoms with E-state index in [1.54, 1.807) is 0 Å². The van der Waals surface area contributed by atoms with Crippen LogP contribution in [-0.4, -0.2) is 0 Å². The van der Waals surface area contributed by atoms with Crippen LogP contribution >= 0.6 is 0 Å². The van der Waals surface area contributed by atoms with E-state index < -0.39 is 0 Å². The zero-order valence-electron chi connectivity index (χ0n) is 30.2. The second kappa shape index (κ2) is 13.1. The molecule has 264 valence electrons. The molecule has 5 nitrogen and oxygen atoms in total. The third-order valence-electron chi connectivity index (χ3n) is 11.5. The average Bonchev–Trinajstić information content (AvgIpc) is 3.66. The van der Waals surface area contributed by atoms with E-state index in [0.29, 0.717) is 0 Å². The van der Waals surface area contributed by atoms with Crippen molar-refractivity contribution in [1.82, 2.24) is 16.0 Å². The predicted molar refractivity (Wildman–Crippen MR) is 228 cm³/mol. The summed E-state index contributed by atoms with van der Waals surface area (Å²) >= 11 is 0. The topological polar surface area (TPSA) is 51.4 Å². The van der Waals surface area contributed by atoms with Crippen molar-refractivity contribution in [2.24, 2.45) is 0 Å². The lowest BCUT2D eigenvalue weighted by atomic mass is 9.96. The van der Waals surface area contributed by atoms with Gasteiger partial charge in [0.05, 0.1) is 29.9 Å². The number of rotatable bonds is 5. The number of benzene rings is 9. The molecule has 11 rings (SSSR count). The van der Waals surface area contributed by atoms with E-state index in [1.807, 2.05) is 0 Å². The highest BCUT2D eigenvalue weighted by Crippen LogP contribution is 2.50. The van der Waals surface area contributed by atoms with Gasteiger partial charge >= 0.3 is 0 Å². The van der Waals surface area contributed by atoms with Gasteiger partial charge in [-0.2, -0.15) is 0 Å². The summed E-state index contributed by atoms with van der Waals surface area (Å²) in [5.74, 6) is 0. The molecule has 0 bridgehead atoms. The maximum atomic E-state index is 4.00. The second-order valence-electron chi connectivity index (χ2n) is 14.8. The minimum Gasteiger partial charge on any atom is -0.359 e. The molecule has 0 radical (unpaired) electrons. The van der Waals surface area contributed by atoms with Crippen LogP contribution in [0.3, 0.4) is 0 Å². The van der Waals surface area contributed by atoms with E-state index in [-0.39, 0.29) is 24.7 Å². The van der Waals surface area contributed by atoms with Crippen LogP contribution < -0.4 is 26.2 Å². The Bertz CT molecular complexity index is 2790. The number of para-hydroxylation sites is 1. The Kier molecular flexibility index (Phi) is 7.62. The molecule has 9 aromatic carbocycles. The molecule has 3 atom stereocenters. The first-order chi connectivity index (χ1) is 27.2. The highest BCUT2D eigenvalue weighted by Gasteiger charge is 2.34. The molecule has 0 spiro atoms. The van der Waals surface area contributed by atoms with Gasteiger partial charge in [0.25, 0.3) is 0 Å². The van der Waals surface area contributed by atoms with Crippen LogP contribution in [0, 0.1) is 0 Å². The summed E-state index contributed by atoms with van der Waals surface area (Å²) in [7, 11) is 0. The van der Waals surface area contributed by atoms with Gasteiger partial charge in [-0.3, -0.25) is 16.0 Å². The monoisotopic (exact) mass is 709 g/mol. The van der Waals surface area contributed by atoms with Crippen molar-refractivity contribution >= 4 is 60.2 Å². The Morgan fingerprint density at radius 3 is 1.45 bits per heavy atom. The molecule has 4 N–H and O–H groups in total. The Hall–Kier alpha value is -6.50. The van der Waals surface area contributed by atoms with E-state index in [2.05, 4.69) is 214 Å². The molecule has 55 heavy (non-hydrogen) atoms. The predicted octanol–water partition coefficient (Wildman–Crippen LogP) is 11.7. The van der Waals surface area contributed by atoms with E-state index in [1.165, 1.54) is 71.0 Å². The number of nitrogens with zero attached hydrogens (tertiary/aromatic N) is 1. The van der Waals surface area contributed by atoms with Crippen LogP contribution in [0.15, 0.2) is 188 Å². The SMILES string of the molecule is c1ccc(C2Nc3c(ccc4ccc5ccc(C6NC(c7ccc8ccccc8c7)NC(c7ccc8ccccc8c7)N6)cc5c34)N2c2ccccc2)cc1. The van der Waals surface area contributed by atoms with Gasteiger partial charge in [-0.25, -0.2) is 0 Å². The highest BCUT2D eigenvalue weighted by molar-refractivity contribution is 6.17. The molecule has 2 heterocycles. The summed E-state index contributed by atoms with van der Waals surface area (Å²) in [6.07, 6.45) is -0.350. The fourth-order valence-electron chi connectivity index (χ4n) is 8.76. The summed E-state index contributed by atoms with van der Waals surface area (Å²) in [6.45, 7) is 0.